The molecule has 0 radical (unpaired) electrons. The lowest BCUT2D eigenvalue weighted by Gasteiger charge is -2.33. The maximum absolute atomic E-state index is 11.9. The zero-order chi connectivity index (χ0) is 15.1. The number of likely N-dealkylation sites (N-methyl/N-ethyl adjacent to an activating group) is 1. The average molecular weight is 297 g/mol. The second kappa shape index (κ2) is 8.71. The summed E-state index contributed by atoms with van der Waals surface area (Å²) in [4.78, 5) is 16.7. The van der Waals surface area contributed by atoms with E-state index in [1.165, 1.54) is 0 Å². The summed E-state index contributed by atoms with van der Waals surface area (Å²) in [5.74, 6) is 0.691. The van der Waals surface area contributed by atoms with E-state index >= 15 is 0 Å². The van der Waals surface area contributed by atoms with E-state index in [9.17, 15) is 4.79 Å². The van der Waals surface area contributed by atoms with Crippen LogP contribution in [0.15, 0.2) is 0 Å². The van der Waals surface area contributed by atoms with Gasteiger partial charge in [-0.05, 0) is 32.2 Å². The van der Waals surface area contributed by atoms with Gasteiger partial charge in [0.2, 0.25) is 5.91 Å². The molecule has 1 N–H and O–H groups in total. The van der Waals surface area contributed by atoms with Gasteiger partial charge in [0.05, 0.1) is 6.10 Å². The van der Waals surface area contributed by atoms with Crippen LogP contribution in [0.25, 0.3) is 0 Å². The number of hydrogen-bond donors (Lipinski definition) is 1. The van der Waals surface area contributed by atoms with Crippen molar-refractivity contribution in [2.45, 2.75) is 38.7 Å². The van der Waals surface area contributed by atoms with Gasteiger partial charge in [0.1, 0.15) is 0 Å². The molecule has 0 bridgehead atoms. The molecule has 21 heavy (non-hydrogen) atoms. The summed E-state index contributed by atoms with van der Waals surface area (Å²) in [6.45, 7) is 9.56. The summed E-state index contributed by atoms with van der Waals surface area (Å²) < 4.78 is 5.55. The molecule has 2 unspecified atom stereocenters. The number of rotatable bonds is 7. The number of nitrogens with zero attached hydrogens (tertiary/aromatic N) is 2. The molecule has 0 aromatic heterocycles. The Hall–Kier alpha value is -0.650. The first-order valence-electron chi connectivity index (χ1n) is 8.42. The van der Waals surface area contributed by atoms with Gasteiger partial charge < -0.3 is 19.9 Å². The first kappa shape index (κ1) is 16.7. The monoisotopic (exact) mass is 297 g/mol. The van der Waals surface area contributed by atoms with E-state index in [-0.39, 0.29) is 5.91 Å². The van der Waals surface area contributed by atoms with E-state index in [2.05, 4.69) is 29.1 Å². The summed E-state index contributed by atoms with van der Waals surface area (Å²) in [6, 6.07) is 0. The van der Waals surface area contributed by atoms with E-state index in [1.807, 2.05) is 0 Å². The second-order valence-electron chi connectivity index (χ2n) is 6.69. The van der Waals surface area contributed by atoms with Crippen molar-refractivity contribution >= 4 is 5.91 Å². The van der Waals surface area contributed by atoms with Crippen LogP contribution < -0.4 is 5.32 Å². The van der Waals surface area contributed by atoms with Crippen molar-refractivity contribution in [1.29, 1.82) is 0 Å². The third-order valence-electron chi connectivity index (χ3n) is 4.53. The minimum absolute atomic E-state index is 0.177. The lowest BCUT2D eigenvalue weighted by Crippen LogP contribution is -2.46. The predicted molar refractivity (Wildman–Crippen MR) is 84.3 cm³/mol. The van der Waals surface area contributed by atoms with Crippen molar-refractivity contribution in [3.63, 3.8) is 0 Å². The Morgan fingerprint density at radius 1 is 1.33 bits per heavy atom. The number of ether oxygens (including phenoxy) is 1. The Labute approximate surface area is 129 Å². The van der Waals surface area contributed by atoms with E-state index in [0.717, 1.165) is 65.1 Å². The minimum atomic E-state index is 0.177. The third-order valence-corrected chi connectivity index (χ3v) is 4.53. The summed E-state index contributed by atoms with van der Waals surface area (Å²) in [7, 11) is 2.18. The zero-order valence-electron chi connectivity index (χ0n) is 13.6. The summed E-state index contributed by atoms with van der Waals surface area (Å²) in [6.07, 6.45) is 4.06. The average Bonchev–Trinajstić information content (AvgIpc) is 2.99. The summed E-state index contributed by atoms with van der Waals surface area (Å²) in [5.41, 5.74) is 0. The number of carbonyl (C=O) groups excluding carboxylic acids is 1. The minimum Gasteiger partial charge on any atom is -0.378 e. The largest absolute Gasteiger partial charge is 0.378 e. The van der Waals surface area contributed by atoms with Crippen LogP contribution in [0.4, 0.5) is 0 Å². The molecule has 2 saturated heterocycles. The number of hydrogen-bond acceptors (Lipinski definition) is 4. The van der Waals surface area contributed by atoms with Crippen molar-refractivity contribution in [3.05, 3.63) is 0 Å². The summed E-state index contributed by atoms with van der Waals surface area (Å²) >= 11 is 0. The molecule has 2 atom stereocenters. The Bertz CT molecular complexity index is 311. The zero-order valence-corrected chi connectivity index (χ0v) is 13.6. The molecule has 0 aromatic rings. The molecule has 5 nitrogen and oxygen atoms in total. The van der Waals surface area contributed by atoms with Gasteiger partial charge in [-0.1, -0.05) is 6.92 Å². The van der Waals surface area contributed by atoms with Crippen molar-refractivity contribution in [2.75, 3.05) is 52.9 Å². The van der Waals surface area contributed by atoms with Gasteiger partial charge in [0, 0.05) is 52.3 Å². The van der Waals surface area contributed by atoms with Crippen LogP contribution in [-0.2, 0) is 9.53 Å². The van der Waals surface area contributed by atoms with Crippen LogP contribution in [-0.4, -0.2) is 74.7 Å². The molecular formula is C16H31N3O2. The van der Waals surface area contributed by atoms with E-state index in [1.54, 1.807) is 0 Å². The number of piperazine rings is 1. The van der Waals surface area contributed by atoms with Gasteiger partial charge in [-0.3, -0.25) is 4.79 Å². The standard InChI is InChI=1S/C16H31N3O2/c1-14(13-19-9-7-18(2)8-10-19)12-17-16(20)6-5-15-4-3-11-21-15/h14-15H,3-13H2,1-2H3,(H,17,20). The van der Waals surface area contributed by atoms with Gasteiger partial charge in [0.15, 0.2) is 0 Å². The van der Waals surface area contributed by atoms with Crippen LogP contribution in [0, 0.1) is 5.92 Å². The van der Waals surface area contributed by atoms with Crippen molar-refractivity contribution in [3.8, 4) is 0 Å². The normalized spacial score (nSPS) is 25.9. The molecule has 0 spiro atoms. The molecule has 2 rings (SSSR count). The Balaban J connectivity index is 1.53. The van der Waals surface area contributed by atoms with Crippen LogP contribution in [0.2, 0.25) is 0 Å². The molecule has 0 aliphatic carbocycles. The SMILES string of the molecule is CC(CNC(=O)CCC1CCCO1)CN1CCN(C)CC1. The Morgan fingerprint density at radius 3 is 2.76 bits per heavy atom. The molecule has 0 aromatic carbocycles. The molecule has 1 amide bonds. The van der Waals surface area contributed by atoms with Gasteiger partial charge in [-0.15, -0.1) is 0 Å². The lowest BCUT2D eigenvalue weighted by molar-refractivity contribution is -0.121. The first-order valence-corrected chi connectivity index (χ1v) is 8.42. The number of nitrogens with one attached hydrogen (secondary N) is 1. The van der Waals surface area contributed by atoms with Crippen molar-refractivity contribution < 1.29 is 9.53 Å². The second-order valence-corrected chi connectivity index (χ2v) is 6.69. The highest BCUT2D eigenvalue weighted by atomic mass is 16.5. The quantitative estimate of drug-likeness (QED) is 0.760. The predicted octanol–water partition coefficient (Wildman–Crippen LogP) is 0.945. The molecule has 2 fully saturated rings. The molecule has 2 heterocycles. The Kier molecular flexibility index (Phi) is 6.93. The fourth-order valence-corrected chi connectivity index (χ4v) is 3.08. The molecule has 5 heteroatoms. The first-order chi connectivity index (χ1) is 10.1. The van der Waals surface area contributed by atoms with E-state index in [4.69, 9.17) is 4.74 Å². The topological polar surface area (TPSA) is 44.8 Å². The van der Waals surface area contributed by atoms with Gasteiger partial charge >= 0.3 is 0 Å². The highest BCUT2D eigenvalue weighted by molar-refractivity contribution is 5.75. The molecule has 0 saturated carbocycles. The molecule has 2 aliphatic rings. The highest BCUT2D eigenvalue weighted by Gasteiger charge is 2.18. The van der Waals surface area contributed by atoms with E-state index in [0.29, 0.717) is 18.4 Å². The molecule has 122 valence electrons. The summed E-state index contributed by atoms with van der Waals surface area (Å²) in [5, 5.41) is 3.07. The number of amides is 1. The number of carbonyl (C=O) groups is 1. The highest BCUT2D eigenvalue weighted by Crippen LogP contribution is 2.16. The van der Waals surface area contributed by atoms with Crippen LogP contribution >= 0.6 is 0 Å². The van der Waals surface area contributed by atoms with E-state index < -0.39 is 0 Å². The lowest BCUT2D eigenvalue weighted by atomic mass is 10.1. The van der Waals surface area contributed by atoms with Crippen LogP contribution in [0.5, 0.6) is 0 Å². The molecule has 2 aliphatic heterocycles. The van der Waals surface area contributed by atoms with Crippen molar-refractivity contribution in [1.82, 2.24) is 15.1 Å². The maximum atomic E-state index is 11.9. The van der Waals surface area contributed by atoms with Crippen LogP contribution in [0.3, 0.4) is 0 Å². The maximum Gasteiger partial charge on any atom is 0.220 e. The Morgan fingerprint density at radius 2 is 2.10 bits per heavy atom. The van der Waals surface area contributed by atoms with Crippen molar-refractivity contribution in [2.24, 2.45) is 5.92 Å². The van der Waals surface area contributed by atoms with Gasteiger partial charge in [0.25, 0.3) is 0 Å². The molecular weight excluding hydrogens is 266 g/mol. The third kappa shape index (κ3) is 6.32. The smallest absolute Gasteiger partial charge is 0.220 e. The van der Waals surface area contributed by atoms with Gasteiger partial charge in [-0.25, -0.2) is 0 Å². The van der Waals surface area contributed by atoms with Gasteiger partial charge in [-0.2, -0.15) is 0 Å². The van der Waals surface area contributed by atoms with Crippen LogP contribution in [0.1, 0.15) is 32.6 Å². The fraction of sp³-hybridized carbons (Fsp3) is 0.938. The fourth-order valence-electron chi connectivity index (χ4n) is 3.08.